The molecule has 25 heavy (non-hydrogen) atoms. The van der Waals surface area contributed by atoms with Gasteiger partial charge in [-0.15, -0.1) is 11.8 Å². The molecule has 132 valence electrons. The van der Waals surface area contributed by atoms with E-state index in [9.17, 15) is 4.79 Å². The normalized spacial score (nSPS) is 11.1. The average molecular weight is 356 g/mol. The van der Waals surface area contributed by atoms with E-state index in [2.05, 4.69) is 30.4 Å². The van der Waals surface area contributed by atoms with Crippen molar-refractivity contribution in [3.8, 4) is 5.75 Å². The molecule has 0 bridgehead atoms. The summed E-state index contributed by atoms with van der Waals surface area (Å²) in [5.41, 5.74) is 5.62. The molecule has 1 N–H and O–H groups in total. The molecule has 0 aliphatic carbocycles. The number of hydrazone groups is 1. The molecule has 0 spiro atoms. The number of hydrogen-bond donors (Lipinski definition) is 1. The zero-order chi connectivity index (χ0) is 18.2. The Bertz CT molecular complexity index is 740. The van der Waals surface area contributed by atoms with Crippen molar-refractivity contribution in [2.24, 2.45) is 5.10 Å². The first-order valence-corrected chi connectivity index (χ1v) is 9.41. The minimum Gasteiger partial charge on any atom is -0.483 e. The van der Waals surface area contributed by atoms with E-state index in [1.54, 1.807) is 18.0 Å². The number of nitrogens with zero attached hydrogens (tertiary/aromatic N) is 1. The van der Waals surface area contributed by atoms with Crippen LogP contribution in [0.25, 0.3) is 0 Å². The SMILES string of the molecule is CSc1ccc(/C=N/NC(=O)COc2cc(C)ccc2C(C)C)cc1. The van der Waals surface area contributed by atoms with Crippen LogP contribution in [0.2, 0.25) is 0 Å². The standard InChI is InChI=1S/C20H24N2O2S/c1-14(2)18-10-5-15(3)11-19(18)24-13-20(23)22-21-12-16-6-8-17(25-4)9-7-16/h5-12,14H,13H2,1-4H3,(H,22,23)/b21-12+. The van der Waals surface area contributed by atoms with Crippen molar-refractivity contribution in [3.05, 3.63) is 59.2 Å². The Morgan fingerprint density at radius 2 is 1.96 bits per heavy atom. The lowest BCUT2D eigenvalue weighted by atomic mass is 10.0. The number of amides is 1. The summed E-state index contributed by atoms with van der Waals surface area (Å²) >= 11 is 1.68. The van der Waals surface area contributed by atoms with E-state index in [1.165, 1.54) is 4.90 Å². The molecule has 5 heteroatoms. The highest BCUT2D eigenvalue weighted by molar-refractivity contribution is 7.98. The smallest absolute Gasteiger partial charge is 0.277 e. The molecule has 0 saturated carbocycles. The molecule has 0 fully saturated rings. The first-order chi connectivity index (χ1) is 12.0. The van der Waals surface area contributed by atoms with Gasteiger partial charge in [-0.2, -0.15) is 5.10 Å². The van der Waals surface area contributed by atoms with Gasteiger partial charge in [0.25, 0.3) is 5.91 Å². The minimum atomic E-state index is -0.284. The summed E-state index contributed by atoms with van der Waals surface area (Å²) < 4.78 is 5.69. The van der Waals surface area contributed by atoms with Gasteiger partial charge in [0.2, 0.25) is 0 Å². The number of nitrogens with one attached hydrogen (secondary N) is 1. The maximum Gasteiger partial charge on any atom is 0.277 e. The van der Waals surface area contributed by atoms with E-state index in [-0.39, 0.29) is 12.5 Å². The Labute approximate surface area is 153 Å². The molecule has 0 unspecified atom stereocenters. The molecule has 0 aliphatic rings. The van der Waals surface area contributed by atoms with Crippen LogP contribution in [0.15, 0.2) is 52.5 Å². The molecular weight excluding hydrogens is 332 g/mol. The quantitative estimate of drug-likeness (QED) is 0.455. The zero-order valence-corrected chi connectivity index (χ0v) is 15.9. The van der Waals surface area contributed by atoms with Gasteiger partial charge in [0.1, 0.15) is 5.75 Å². The van der Waals surface area contributed by atoms with E-state index >= 15 is 0 Å². The van der Waals surface area contributed by atoms with Crippen LogP contribution in [0.4, 0.5) is 0 Å². The molecule has 0 radical (unpaired) electrons. The van der Waals surface area contributed by atoms with Crippen LogP contribution >= 0.6 is 11.8 Å². The van der Waals surface area contributed by atoms with Crippen molar-refractivity contribution in [2.45, 2.75) is 31.6 Å². The maximum absolute atomic E-state index is 11.9. The van der Waals surface area contributed by atoms with E-state index in [4.69, 9.17) is 4.74 Å². The molecule has 0 aromatic heterocycles. The summed E-state index contributed by atoms with van der Waals surface area (Å²) in [6.45, 7) is 6.14. The van der Waals surface area contributed by atoms with Crippen LogP contribution in [-0.4, -0.2) is 25.0 Å². The number of hydrogen-bond acceptors (Lipinski definition) is 4. The highest BCUT2D eigenvalue weighted by atomic mass is 32.2. The summed E-state index contributed by atoms with van der Waals surface area (Å²) in [6.07, 6.45) is 3.65. The van der Waals surface area contributed by atoms with E-state index in [0.717, 1.165) is 22.4 Å². The van der Waals surface area contributed by atoms with Gasteiger partial charge in [0, 0.05) is 4.90 Å². The van der Waals surface area contributed by atoms with Gasteiger partial charge >= 0.3 is 0 Å². The van der Waals surface area contributed by atoms with Gasteiger partial charge in [-0.25, -0.2) is 5.43 Å². The number of thioether (sulfide) groups is 1. The second-order valence-electron chi connectivity index (χ2n) is 6.05. The summed E-state index contributed by atoms with van der Waals surface area (Å²) in [7, 11) is 0. The third-order valence-corrected chi connectivity index (χ3v) is 4.41. The fraction of sp³-hybridized carbons (Fsp3) is 0.300. The molecule has 1 amide bonds. The predicted octanol–water partition coefficient (Wildman–Crippen LogP) is 4.37. The molecular formula is C20H24N2O2S. The maximum atomic E-state index is 11.9. The van der Waals surface area contributed by atoms with Crippen LogP contribution in [0.3, 0.4) is 0 Å². The predicted molar refractivity (Wildman–Crippen MR) is 105 cm³/mol. The summed E-state index contributed by atoms with van der Waals surface area (Å²) in [5.74, 6) is 0.802. The average Bonchev–Trinajstić information content (AvgIpc) is 2.60. The van der Waals surface area contributed by atoms with Crippen molar-refractivity contribution in [3.63, 3.8) is 0 Å². The number of ether oxygens (including phenoxy) is 1. The van der Waals surface area contributed by atoms with Gasteiger partial charge < -0.3 is 4.74 Å². The molecule has 0 atom stereocenters. The molecule has 2 aromatic rings. The number of benzene rings is 2. The van der Waals surface area contributed by atoms with E-state index < -0.39 is 0 Å². The Kier molecular flexibility index (Phi) is 7.07. The summed E-state index contributed by atoms with van der Waals surface area (Å²) in [4.78, 5) is 13.1. The second-order valence-corrected chi connectivity index (χ2v) is 6.93. The Morgan fingerprint density at radius 1 is 1.24 bits per heavy atom. The fourth-order valence-electron chi connectivity index (χ4n) is 2.29. The zero-order valence-electron chi connectivity index (χ0n) is 15.1. The number of rotatable bonds is 7. The van der Waals surface area contributed by atoms with Crippen molar-refractivity contribution in [1.82, 2.24) is 5.43 Å². The van der Waals surface area contributed by atoms with Crippen molar-refractivity contribution in [2.75, 3.05) is 12.9 Å². The number of carbonyl (C=O) groups excluding carboxylic acids is 1. The van der Waals surface area contributed by atoms with Crippen LogP contribution in [0, 0.1) is 6.92 Å². The van der Waals surface area contributed by atoms with Crippen LogP contribution in [0.1, 0.15) is 36.5 Å². The third-order valence-electron chi connectivity index (χ3n) is 3.67. The minimum absolute atomic E-state index is 0.0636. The van der Waals surface area contributed by atoms with Gasteiger partial charge in [-0.3, -0.25) is 4.79 Å². The highest BCUT2D eigenvalue weighted by Crippen LogP contribution is 2.27. The third kappa shape index (κ3) is 5.94. The fourth-order valence-corrected chi connectivity index (χ4v) is 2.70. The first-order valence-electron chi connectivity index (χ1n) is 8.19. The molecule has 2 aromatic carbocycles. The van der Waals surface area contributed by atoms with Gasteiger partial charge in [-0.05, 0) is 54.0 Å². The summed E-state index contributed by atoms with van der Waals surface area (Å²) in [5, 5.41) is 3.97. The lowest BCUT2D eigenvalue weighted by molar-refractivity contribution is -0.123. The van der Waals surface area contributed by atoms with Crippen LogP contribution in [0.5, 0.6) is 5.75 Å². The molecule has 0 heterocycles. The summed E-state index contributed by atoms with van der Waals surface area (Å²) in [6, 6.07) is 14.0. The van der Waals surface area contributed by atoms with Gasteiger partial charge in [-0.1, -0.05) is 38.1 Å². The van der Waals surface area contributed by atoms with Crippen molar-refractivity contribution in [1.29, 1.82) is 0 Å². The van der Waals surface area contributed by atoms with Crippen LogP contribution in [-0.2, 0) is 4.79 Å². The highest BCUT2D eigenvalue weighted by Gasteiger charge is 2.09. The van der Waals surface area contributed by atoms with Gasteiger partial charge in [0.05, 0.1) is 6.21 Å². The van der Waals surface area contributed by atoms with E-state index in [0.29, 0.717) is 5.92 Å². The van der Waals surface area contributed by atoms with Crippen molar-refractivity contribution < 1.29 is 9.53 Å². The van der Waals surface area contributed by atoms with Crippen LogP contribution < -0.4 is 10.2 Å². The van der Waals surface area contributed by atoms with Gasteiger partial charge in [0.15, 0.2) is 6.61 Å². The molecule has 0 saturated heterocycles. The Balaban J connectivity index is 1.88. The van der Waals surface area contributed by atoms with E-state index in [1.807, 2.05) is 49.6 Å². The molecule has 0 aliphatic heterocycles. The number of aryl methyl sites for hydroxylation is 1. The lowest BCUT2D eigenvalue weighted by Crippen LogP contribution is -2.25. The number of carbonyl (C=O) groups is 1. The lowest BCUT2D eigenvalue weighted by Gasteiger charge is -2.14. The first kappa shape index (κ1) is 19.1. The Morgan fingerprint density at radius 3 is 2.60 bits per heavy atom. The largest absolute Gasteiger partial charge is 0.483 e. The monoisotopic (exact) mass is 356 g/mol. The Hall–Kier alpha value is -2.27. The molecule has 4 nitrogen and oxygen atoms in total. The van der Waals surface area contributed by atoms with Crippen molar-refractivity contribution >= 4 is 23.9 Å². The second kappa shape index (κ2) is 9.28. The topological polar surface area (TPSA) is 50.7 Å². The molecule has 2 rings (SSSR count).